The van der Waals surface area contributed by atoms with Crippen molar-refractivity contribution in [3.05, 3.63) is 0 Å². The Morgan fingerprint density at radius 3 is 2.42 bits per heavy atom. The van der Waals surface area contributed by atoms with Crippen LogP contribution < -0.4 is 5.32 Å². The summed E-state index contributed by atoms with van der Waals surface area (Å²) in [4.78, 5) is 0. The molecule has 0 aliphatic carbocycles. The monoisotopic (exact) mass is 283 g/mol. The van der Waals surface area contributed by atoms with E-state index in [1.165, 1.54) is 0 Å². The van der Waals surface area contributed by atoms with Gasteiger partial charge in [0.2, 0.25) is 0 Å². The molecule has 0 aromatic rings. The normalized spacial score (nSPS) is 19.9. The van der Waals surface area contributed by atoms with Gasteiger partial charge in [0.15, 0.2) is 0 Å². The second-order valence-corrected chi connectivity index (χ2v) is 5.75. The van der Waals surface area contributed by atoms with Gasteiger partial charge >= 0.3 is 6.18 Å². The minimum atomic E-state index is -4.25. The Labute approximate surface area is 112 Å². The molecule has 1 aliphatic rings. The summed E-state index contributed by atoms with van der Waals surface area (Å²) in [6.45, 7) is 5.92. The Morgan fingerprint density at radius 1 is 1.26 bits per heavy atom. The number of nitrogens with one attached hydrogen (secondary N) is 1. The van der Waals surface area contributed by atoms with Crippen LogP contribution in [0.15, 0.2) is 0 Å². The Hall–Kier alpha value is -0.330. The molecule has 1 rings (SSSR count). The van der Waals surface area contributed by atoms with Crippen LogP contribution in [-0.2, 0) is 9.47 Å². The summed E-state index contributed by atoms with van der Waals surface area (Å²) in [5.74, 6) is 0.521. The maximum Gasteiger partial charge on any atom is 0.411 e. The Morgan fingerprint density at radius 2 is 1.89 bits per heavy atom. The average molecular weight is 283 g/mol. The summed E-state index contributed by atoms with van der Waals surface area (Å²) in [5, 5.41) is 3.33. The first-order valence-electron chi connectivity index (χ1n) is 6.76. The van der Waals surface area contributed by atoms with Gasteiger partial charge in [-0.05, 0) is 25.3 Å². The van der Waals surface area contributed by atoms with Crippen molar-refractivity contribution in [2.45, 2.75) is 32.9 Å². The van der Waals surface area contributed by atoms with Crippen molar-refractivity contribution in [2.24, 2.45) is 11.3 Å². The number of hydrogen-bond donors (Lipinski definition) is 1. The van der Waals surface area contributed by atoms with Gasteiger partial charge in [-0.15, -0.1) is 0 Å². The minimum absolute atomic E-state index is 0.140. The molecule has 0 aromatic heterocycles. The molecule has 19 heavy (non-hydrogen) atoms. The van der Waals surface area contributed by atoms with Gasteiger partial charge < -0.3 is 14.8 Å². The van der Waals surface area contributed by atoms with E-state index in [1.807, 2.05) is 0 Å². The molecule has 0 spiro atoms. The lowest BCUT2D eigenvalue weighted by atomic mass is 9.81. The summed E-state index contributed by atoms with van der Waals surface area (Å²) in [5.41, 5.74) is -0.224. The lowest BCUT2D eigenvalue weighted by molar-refractivity contribution is -0.184. The standard InChI is InChI=1S/C13H24F3NO2/c1-11(2)7-17-8-12(3-5-18-6-4-12)9-19-10-13(14,15)16/h11,17H,3-10H2,1-2H3. The molecule has 0 radical (unpaired) electrons. The van der Waals surface area contributed by atoms with Crippen LogP contribution in [-0.4, -0.2) is 45.7 Å². The van der Waals surface area contributed by atoms with Gasteiger partial charge in [-0.25, -0.2) is 0 Å². The van der Waals surface area contributed by atoms with Crippen LogP contribution in [0, 0.1) is 11.3 Å². The van der Waals surface area contributed by atoms with E-state index in [4.69, 9.17) is 9.47 Å². The van der Waals surface area contributed by atoms with E-state index < -0.39 is 12.8 Å². The van der Waals surface area contributed by atoms with Crippen molar-refractivity contribution >= 4 is 0 Å². The van der Waals surface area contributed by atoms with Crippen molar-refractivity contribution in [1.82, 2.24) is 5.32 Å². The van der Waals surface area contributed by atoms with Crippen LogP contribution in [0.5, 0.6) is 0 Å². The van der Waals surface area contributed by atoms with E-state index >= 15 is 0 Å². The fourth-order valence-corrected chi connectivity index (χ4v) is 2.19. The fraction of sp³-hybridized carbons (Fsp3) is 1.00. The second kappa shape index (κ2) is 7.45. The quantitative estimate of drug-likeness (QED) is 0.779. The first-order chi connectivity index (χ1) is 8.83. The van der Waals surface area contributed by atoms with Crippen LogP contribution >= 0.6 is 0 Å². The van der Waals surface area contributed by atoms with Gasteiger partial charge in [0.1, 0.15) is 6.61 Å². The van der Waals surface area contributed by atoms with Gasteiger partial charge in [-0.2, -0.15) is 13.2 Å². The molecule has 0 amide bonds. The zero-order valence-corrected chi connectivity index (χ0v) is 11.7. The van der Waals surface area contributed by atoms with Crippen molar-refractivity contribution in [1.29, 1.82) is 0 Å². The van der Waals surface area contributed by atoms with Crippen molar-refractivity contribution in [2.75, 3.05) is 39.5 Å². The first kappa shape index (κ1) is 16.7. The molecule has 1 N–H and O–H groups in total. The highest BCUT2D eigenvalue weighted by Crippen LogP contribution is 2.31. The number of hydrogen-bond acceptors (Lipinski definition) is 3. The number of alkyl halides is 3. The molecule has 0 unspecified atom stereocenters. The van der Waals surface area contributed by atoms with Gasteiger partial charge in [-0.3, -0.25) is 0 Å². The molecule has 1 aliphatic heterocycles. The van der Waals surface area contributed by atoms with E-state index in [0.29, 0.717) is 25.7 Å². The van der Waals surface area contributed by atoms with Crippen LogP contribution in [0.4, 0.5) is 13.2 Å². The maximum absolute atomic E-state index is 12.1. The number of halogens is 3. The molecule has 1 saturated heterocycles. The lowest BCUT2D eigenvalue weighted by Gasteiger charge is -2.37. The molecular weight excluding hydrogens is 259 g/mol. The maximum atomic E-state index is 12.1. The fourth-order valence-electron chi connectivity index (χ4n) is 2.19. The van der Waals surface area contributed by atoms with E-state index in [2.05, 4.69) is 19.2 Å². The molecular formula is C13H24F3NO2. The Bertz CT molecular complexity index is 251. The molecule has 1 heterocycles. The predicted molar refractivity (Wildman–Crippen MR) is 67.1 cm³/mol. The molecule has 114 valence electrons. The lowest BCUT2D eigenvalue weighted by Crippen LogP contribution is -2.44. The van der Waals surface area contributed by atoms with Crippen LogP contribution in [0.3, 0.4) is 0 Å². The zero-order chi connectivity index (χ0) is 14.4. The highest BCUT2D eigenvalue weighted by molar-refractivity contribution is 4.84. The topological polar surface area (TPSA) is 30.5 Å². The van der Waals surface area contributed by atoms with Crippen LogP contribution in [0.1, 0.15) is 26.7 Å². The minimum Gasteiger partial charge on any atom is -0.381 e. The third kappa shape index (κ3) is 7.13. The predicted octanol–water partition coefficient (Wildman–Crippen LogP) is 2.61. The van der Waals surface area contributed by atoms with Gasteiger partial charge in [0, 0.05) is 25.2 Å². The third-order valence-electron chi connectivity index (χ3n) is 3.28. The van der Waals surface area contributed by atoms with Crippen molar-refractivity contribution < 1.29 is 22.6 Å². The molecule has 0 saturated carbocycles. The van der Waals surface area contributed by atoms with E-state index in [0.717, 1.165) is 19.4 Å². The number of rotatable bonds is 7. The van der Waals surface area contributed by atoms with E-state index in [-0.39, 0.29) is 12.0 Å². The van der Waals surface area contributed by atoms with E-state index in [1.54, 1.807) is 0 Å². The second-order valence-electron chi connectivity index (χ2n) is 5.75. The highest BCUT2D eigenvalue weighted by atomic mass is 19.4. The first-order valence-corrected chi connectivity index (χ1v) is 6.76. The Kier molecular flexibility index (Phi) is 6.56. The molecule has 0 aromatic carbocycles. The van der Waals surface area contributed by atoms with E-state index in [9.17, 15) is 13.2 Å². The molecule has 1 fully saturated rings. The average Bonchev–Trinajstić information content (AvgIpc) is 2.28. The number of ether oxygens (including phenoxy) is 2. The smallest absolute Gasteiger partial charge is 0.381 e. The highest BCUT2D eigenvalue weighted by Gasteiger charge is 2.35. The molecule has 6 heteroatoms. The van der Waals surface area contributed by atoms with Crippen LogP contribution in [0.25, 0.3) is 0 Å². The third-order valence-corrected chi connectivity index (χ3v) is 3.28. The van der Waals surface area contributed by atoms with Gasteiger partial charge in [0.25, 0.3) is 0 Å². The largest absolute Gasteiger partial charge is 0.411 e. The molecule has 0 atom stereocenters. The SMILES string of the molecule is CC(C)CNCC1(COCC(F)(F)F)CCOCC1. The summed E-state index contributed by atoms with van der Waals surface area (Å²) < 4.78 is 46.6. The van der Waals surface area contributed by atoms with Gasteiger partial charge in [-0.1, -0.05) is 13.8 Å². The summed E-state index contributed by atoms with van der Waals surface area (Å²) in [6, 6.07) is 0. The van der Waals surface area contributed by atoms with Crippen molar-refractivity contribution in [3.63, 3.8) is 0 Å². The zero-order valence-electron chi connectivity index (χ0n) is 11.7. The summed E-state index contributed by atoms with van der Waals surface area (Å²) in [6.07, 6.45) is -2.76. The summed E-state index contributed by atoms with van der Waals surface area (Å²) >= 11 is 0. The van der Waals surface area contributed by atoms with Crippen molar-refractivity contribution in [3.8, 4) is 0 Å². The molecule has 3 nitrogen and oxygen atoms in total. The summed E-state index contributed by atoms with van der Waals surface area (Å²) in [7, 11) is 0. The van der Waals surface area contributed by atoms with Crippen LogP contribution in [0.2, 0.25) is 0 Å². The molecule has 0 bridgehead atoms. The Balaban J connectivity index is 2.40. The van der Waals surface area contributed by atoms with Gasteiger partial charge in [0.05, 0.1) is 6.61 Å².